The zero-order valence-electron chi connectivity index (χ0n) is 14.0. The summed E-state index contributed by atoms with van der Waals surface area (Å²) in [7, 11) is 4.08. The highest BCUT2D eigenvalue weighted by Gasteiger charge is 2.23. The van der Waals surface area contributed by atoms with Crippen LogP contribution in [0.3, 0.4) is 0 Å². The lowest BCUT2D eigenvalue weighted by molar-refractivity contribution is -0.131. The second kappa shape index (κ2) is 7.41. The van der Waals surface area contributed by atoms with E-state index in [9.17, 15) is 4.79 Å². The maximum absolute atomic E-state index is 12.2. The molecule has 0 aromatic rings. The van der Waals surface area contributed by atoms with Crippen molar-refractivity contribution in [2.24, 2.45) is 17.1 Å². The van der Waals surface area contributed by atoms with Gasteiger partial charge in [-0.15, -0.1) is 0 Å². The molecule has 1 fully saturated rings. The van der Waals surface area contributed by atoms with Gasteiger partial charge in [-0.3, -0.25) is 4.79 Å². The number of hydrogen-bond acceptors (Lipinski definition) is 3. The number of hydrogen-bond donors (Lipinski definition) is 1. The van der Waals surface area contributed by atoms with E-state index in [0.29, 0.717) is 12.3 Å². The predicted octanol–water partition coefficient (Wildman–Crippen LogP) is 1.94. The van der Waals surface area contributed by atoms with E-state index in [-0.39, 0.29) is 17.4 Å². The van der Waals surface area contributed by atoms with E-state index in [4.69, 9.17) is 5.73 Å². The first-order valence-corrected chi connectivity index (χ1v) is 7.85. The summed E-state index contributed by atoms with van der Waals surface area (Å²) in [6.07, 6.45) is 3.76. The van der Waals surface area contributed by atoms with Crippen LogP contribution in [0, 0.1) is 11.3 Å². The topological polar surface area (TPSA) is 49.6 Å². The van der Waals surface area contributed by atoms with Gasteiger partial charge in [0.05, 0.1) is 0 Å². The van der Waals surface area contributed by atoms with Gasteiger partial charge >= 0.3 is 0 Å². The molecular formula is C16H33N3O. The Balaban J connectivity index is 2.32. The zero-order chi connectivity index (χ0) is 15.3. The lowest BCUT2D eigenvalue weighted by Crippen LogP contribution is -2.40. The fourth-order valence-electron chi connectivity index (χ4n) is 2.97. The van der Waals surface area contributed by atoms with Gasteiger partial charge in [-0.1, -0.05) is 20.8 Å². The van der Waals surface area contributed by atoms with E-state index in [1.807, 2.05) is 11.9 Å². The molecule has 0 radical (unpaired) electrons. The maximum atomic E-state index is 12.2. The molecule has 4 nitrogen and oxygen atoms in total. The van der Waals surface area contributed by atoms with Crippen LogP contribution < -0.4 is 5.73 Å². The molecule has 1 saturated heterocycles. The van der Waals surface area contributed by atoms with E-state index in [1.165, 1.54) is 12.8 Å². The van der Waals surface area contributed by atoms with Crippen molar-refractivity contribution in [1.82, 2.24) is 9.80 Å². The maximum Gasteiger partial charge on any atom is 0.223 e. The number of carbonyl (C=O) groups excluding carboxylic acids is 1. The SMILES string of the molecule is CN1CCC(CN(C)C(=O)CC(N)CC(C)(C)C)CC1. The summed E-state index contributed by atoms with van der Waals surface area (Å²) in [5, 5.41) is 0. The highest BCUT2D eigenvalue weighted by molar-refractivity contribution is 5.76. The van der Waals surface area contributed by atoms with Crippen molar-refractivity contribution in [3.63, 3.8) is 0 Å². The molecule has 1 heterocycles. The van der Waals surface area contributed by atoms with Gasteiger partial charge in [0.25, 0.3) is 0 Å². The summed E-state index contributed by atoms with van der Waals surface area (Å²) in [4.78, 5) is 16.5. The Labute approximate surface area is 124 Å². The molecule has 1 aliphatic rings. The Kier molecular flexibility index (Phi) is 6.46. The van der Waals surface area contributed by atoms with Gasteiger partial charge in [-0.25, -0.2) is 0 Å². The van der Waals surface area contributed by atoms with Gasteiger partial charge in [0.1, 0.15) is 0 Å². The standard InChI is InChI=1S/C16H33N3O/c1-16(2,3)11-14(17)10-15(20)19(5)12-13-6-8-18(4)9-7-13/h13-14H,6-12,17H2,1-5H3. The number of likely N-dealkylation sites (tertiary alicyclic amines) is 1. The molecule has 1 rings (SSSR count). The molecule has 1 aliphatic heterocycles. The molecule has 0 bridgehead atoms. The van der Waals surface area contributed by atoms with Gasteiger partial charge in [0.2, 0.25) is 5.91 Å². The molecule has 0 saturated carbocycles. The minimum Gasteiger partial charge on any atom is -0.345 e. The first kappa shape index (κ1) is 17.4. The second-order valence-corrected chi connectivity index (χ2v) is 7.75. The minimum absolute atomic E-state index is 0.0255. The van der Waals surface area contributed by atoms with Crippen molar-refractivity contribution in [3.8, 4) is 0 Å². The Morgan fingerprint density at radius 1 is 1.35 bits per heavy atom. The Hall–Kier alpha value is -0.610. The van der Waals surface area contributed by atoms with Gasteiger partial charge < -0.3 is 15.5 Å². The first-order valence-electron chi connectivity index (χ1n) is 7.85. The monoisotopic (exact) mass is 283 g/mol. The number of nitrogens with zero attached hydrogens (tertiary/aromatic N) is 2. The Bertz CT molecular complexity index is 303. The van der Waals surface area contributed by atoms with Crippen molar-refractivity contribution in [3.05, 3.63) is 0 Å². The van der Waals surface area contributed by atoms with E-state index in [0.717, 1.165) is 26.1 Å². The van der Waals surface area contributed by atoms with Crippen LogP contribution in [0.15, 0.2) is 0 Å². The van der Waals surface area contributed by atoms with E-state index < -0.39 is 0 Å². The Morgan fingerprint density at radius 2 is 1.90 bits per heavy atom. The van der Waals surface area contributed by atoms with Crippen LogP contribution in [0.4, 0.5) is 0 Å². The van der Waals surface area contributed by atoms with Crippen LogP contribution in [0.5, 0.6) is 0 Å². The van der Waals surface area contributed by atoms with Crippen LogP contribution in [-0.2, 0) is 4.79 Å². The van der Waals surface area contributed by atoms with E-state index in [1.54, 1.807) is 0 Å². The molecule has 0 aliphatic carbocycles. The number of carbonyl (C=O) groups is 1. The molecule has 1 atom stereocenters. The molecule has 4 heteroatoms. The number of amides is 1. The molecule has 1 unspecified atom stereocenters. The van der Waals surface area contributed by atoms with E-state index >= 15 is 0 Å². The quantitative estimate of drug-likeness (QED) is 0.839. The minimum atomic E-state index is -0.0255. The molecule has 118 valence electrons. The van der Waals surface area contributed by atoms with Crippen LogP contribution in [0.1, 0.15) is 46.5 Å². The van der Waals surface area contributed by atoms with Gasteiger partial charge in [-0.2, -0.15) is 0 Å². The smallest absolute Gasteiger partial charge is 0.223 e. The molecular weight excluding hydrogens is 250 g/mol. The third kappa shape index (κ3) is 6.71. The first-order chi connectivity index (χ1) is 9.17. The molecule has 0 aromatic heterocycles. The number of piperidine rings is 1. The predicted molar refractivity (Wildman–Crippen MR) is 84.5 cm³/mol. The fourth-order valence-corrected chi connectivity index (χ4v) is 2.97. The fraction of sp³-hybridized carbons (Fsp3) is 0.938. The van der Waals surface area contributed by atoms with Crippen molar-refractivity contribution < 1.29 is 4.79 Å². The average Bonchev–Trinajstić information content (AvgIpc) is 2.29. The summed E-state index contributed by atoms with van der Waals surface area (Å²) in [5.41, 5.74) is 6.28. The van der Waals surface area contributed by atoms with Crippen molar-refractivity contribution in [2.45, 2.75) is 52.5 Å². The summed E-state index contributed by atoms with van der Waals surface area (Å²) < 4.78 is 0. The van der Waals surface area contributed by atoms with Gasteiger partial charge in [0.15, 0.2) is 0 Å². The zero-order valence-corrected chi connectivity index (χ0v) is 14.0. The molecule has 2 N–H and O–H groups in total. The molecule has 20 heavy (non-hydrogen) atoms. The van der Waals surface area contributed by atoms with Crippen LogP contribution >= 0.6 is 0 Å². The van der Waals surface area contributed by atoms with Crippen molar-refractivity contribution in [2.75, 3.05) is 33.7 Å². The summed E-state index contributed by atoms with van der Waals surface area (Å²) >= 11 is 0. The third-order valence-electron chi connectivity index (χ3n) is 4.11. The van der Waals surface area contributed by atoms with Crippen molar-refractivity contribution in [1.29, 1.82) is 0 Å². The molecule has 0 aromatic carbocycles. The van der Waals surface area contributed by atoms with Crippen molar-refractivity contribution >= 4 is 5.91 Å². The number of rotatable bonds is 5. The lowest BCUT2D eigenvalue weighted by atomic mass is 9.87. The van der Waals surface area contributed by atoms with Crippen LogP contribution in [-0.4, -0.2) is 55.5 Å². The summed E-state index contributed by atoms with van der Waals surface area (Å²) in [6, 6.07) is -0.0255. The summed E-state index contributed by atoms with van der Waals surface area (Å²) in [6.45, 7) is 9.68. The highest BCUT2D eigenvalue weighted by atomic mass is 16.2. The molecule has 1 amide bonds. The van der Waals surface area contributed by atoms with Crippen LogP contribution in [0.25, 0.3) is 0 Å². The lowest BCUT2D eigenvalue weighted by Gasteiger charge is -2.32. The normalized spacial score (nSPS) is 19.9. The Morgan fingerprint density at radius 3 is 2.40 bits per heavy atom. The average molecular weight is 283 g/mol. The third-order valence-corrected chi connectivity index (χ3v) is 4.11. The van der Waals surface area contributed by atoms with E-state index in [2.05, 4.69) is 32.7 Å². The molecule has 0 spiro atoms. The largest absolute Gasteiger partial charge is 0.345 e. The van der Waals surface area contributed by atoms with Gasteiger partial charge in [-0.05, 0) is 50.7 Å². The number of nitrogens with two attached hydrogens (primary N) is 1. The second-order valence-electron chi connectivity index (χ2n) is 7.75. The van der Waals surface area contributed by atoms with Gasteiger partial charge in [0, 0.05) is 26.1 Å². The summed E-state index contributed by atoms with van der Waals surface area (Å²) in [5.74, 6) is 0.847. The highest BCUT2D eigenvalue weighted by Crippen LogP contribution is 2.22. The van der Waals surface area contributed by atoms with Crippen LogP contribution in [0.2, 0.25) is 0 Å².